The highest BCUT2D eigenvalue weighted by Crippen LogP contribution is 2.21. The lowest BCUT2D eigenvalue weighted by Crippen LogP contribution is -2.24. The standard InChI is InChI=1S/C18H17FN2O2/c19-15-4-1-3-14(11-15)18(23)20-12-13-6-8-16(9-7-13)21-10-2-5-17(21)22/h1,3-4,6-9,11H,2,5,10,12H2,(H,20,23). The quantitative estimate of drug-likeness (QED) is 0.944. The predicted octanol–water partition coefficient (Wildman–Crippen LogP) is 2.88. The van der Waals surface area contributed by atoms with Gasteiger partial charge in [-0.05, 0) is 42.3 Å². The molecule has 0 bridgehead atoms. The summed E-state index contributed by atoms with van der Waals surface area (Å²) in [5, 5.41) is 2.75. The van der Waals surface area contributed by atoms with Crippen molar-refractivity contribution in [3.8, 4) is 0 Å². The molecule has 4 nitrogen and oxygen atoms in total. The number of nitrogens with one attached hydrogen (secondary N) is 1. The van der Waals surface area contributed by atoms with Crippen molar-refractivity contribution in [1.29, 1.82) is 0 Å². The van der Waals surface area contributed by atoms with Crippen molar-refractivity contribution in [3.05, 3.63) is 65.5 Å². The van der Waals surface area contributed by atoms with Crippen LogP contribution in [0.3, 0.4) is 0 Å². The third-order valence-corrected chi connectivity index (χ3v) is 3.86. The predicted molar refractivity (Wildman–Crippen MR) is 85.6 cm³/mol. The van der Waals surface area contributed by atoms with Crippen LogP contribution < -0.4 is 10.2 Å². The van der Waals surface area contributed by atoms with E-state index in [1.807, 2.05) is 24.3 Å². The van der Waals surface area contributed by atoms with Gasteiger partial charge in [-0.1, -0.05) is 18.2 Å². The van der Waals surface area contributed by atoms with Gasteiger partial charge in [-0.3, -0.25) is 9.59 Å². The number of halogens is 1. The monoisotopic (exact) mass is 312 g/mol. The van der Waals surface area contributed by atoms with Crippen LogP contribution in [0.1, 0.15) is 28.8 Å². The molecule has 0 unspecified atom stereocenters. The zero-order valence-corrected chi connectivity index (χ0v) is 12.6. The van der Waals surface area contributed by atoms with Crippen molar-refractivity contribution < 1.29 is 14.0 Å². The number of nitrogens with zero attached hydrogens (tertiary/aromatic N) is 1. The summed E-state index contributed by atoms with van der Waals surface area (Å²) in [6, 6.07) is 13.1. The molecule has 0 aliphatic carbocycles. The van der Waals surface area contributed by atoms with Gasteiger partial charge < -0.3 is 10.2 Å². The van der Waals surface area contributed by atoms with E-state index < -0.39 is 5.82 Å². The maximum atomic E-state index is 13.1. The van der Waals surface area contributed by atoms with Crippen molar-refractivity contribution in [3.63, 3.8) is 0 Å². The van der Waals surface area contributed by atoms with Crippen LogP contribution in [0.25, 0.3) is 0 Å². The van der Waals surface area contributed by atoms with E-state index >= 15 is 0 Å². The molecule has 23 heavy (non-hydrogen) atoms. The van der Waals surface area contributed by atoms with Gasteiger partial charge in [-0.2, -0.15) is 0 Å². The summed E-state index contributed by atoms with van der Waals surface area (Å²) in [5.41, 5.74) is 2.10. The number of carbonyl (C=O) groups is 2. The summed E-state index contributed by atoms with van der Waals surface area (Å²) in [7, 11) is 0. The van der Waals surface area contributed by atoms with E-state index in [2.05, 4.69) is 5.32 Å². The number of hydrogen-bond donors (Lipinski definition) is 1. The second kappa shape index (κ2) is 6.60. The molecule has 1 aliphatic heterocycles. The number of rotatable bonds is 4. The third-order valence-electron chi connectivity index (χ3n) is 3.86. The molecule has 0 saturated carbocycles. The van der Waals surface area contributed by atoms with Gasteiger partial charge in [0.05, 0.1) is 0 Å². The second-order valence-corrected chi connectivity index (χ2v) is 5.51. The molecule has 0 spiro atoms. The fourth-order valence-corrected chi connectivity index (χ4v) is 2.63. The van der Waals surface area contributed by atoms with Crippen LogP contribution >= 0.6 is 0 Å². The van der Waals surface area contributed by atoms with Crippen LogP contribution in [0, 0.1) is 5.82 Å². The Morgan fingerprint density at radius 3 is 2.61 bits per heavy atom. The Bertz CT molecular complexity index is 728. The fourth-order valence-electron chi connectivity index (χ4n) is 2.63. The van der Waals surface area contributed by atoms with Crippen molar-refractivity contribution in [1.82, 2.24) is 5.32 Å². The van der Waals surface area contributed by atoms with Crippen LogP contribution in [-0.2, 0) is 11.3 Å². The molecule has 1 N–H and O–H groups in total. The number of hydrogen-bond acceptors (Lipinski definition) is 2. The summed E-state index contributed by atoms with van der Waals surface area (Å²) < 4.78 is 13.1. The van der Waals surface area contributed by atoms with E-state index in [0.29, 0.717) is 18.5 Å². The Hall–Kier alpha value is -2.69. The molecule has 3 rings (SSSR count). The maximum absolute atomic E-state index is 13.1. The molecule has 1 aliphatic rings. The average Bonchev–Trinajstić information content (AvgIpc) is 2.99. The van der Waals surface area contributed by atoms with E-state index in [4.69, 9.17) is 0 Å². The van der Waals surface area contributed by atoms with Crippen LogP contribution in [0.15, 0.2) is 48.5 Å². The van der Waals surface area contributed by atoms with E-state index in [-0.39, 0.29) is 11.8 Å². The Kier molecular flexibility index (Phi) is 4.37. The Balaban J connectivity index is 1.60. The normalized spacial score (nSPS) is 14.1. The lowest BCUT2D eigenvalue weighted by molar-refractivity contribution is -0.117. The van der Waals surface area contributed by atoms with Crippen molar-refractivity contribution in [2.75, 3.05) is 11.4 Å². The van der Waals surface area contributed by atoms with Crippen molar-refractivity contribution in [2.45, 2.75) is 19.4 Å². The van der Waals surface area contributed by atoms with Crippen LogP contribution in [0.4, 0.5) is 10.1 Å². The molecule has 2 amide bonds. The average molecular weight is 312 g/mol. The summed E-state index contributed by atoms with van der Waals surface area (Å²) >= 11 is 0. The van der Waals surface area contributed by atoms with E-state index in [0.717, 1.165) is 24.2 Å². The minimum Gasteiger partial charge on any atom is -0.348 e. The molecule has 0 aromatic heterocycles. The fraction of sp³-hybridized carbons (Fsp3) is 0.222. The summed E-state index contributed by atoms with van der Waals surface area (Å²) in [5.74, 6) is -0.599. The van der Waals surface area contributed by atoms with E-state index in [9.17, 15) is 14.0 Å². The number of amides is 2. The van der Waals surface area contributed by atoms with Gasteiger partial charge in [0.25, 0.3) is 5.91 Å². The Morgan fingerprint density at radius 2 is 1.96 bits per heavy atom. The highest BCUT2D eigenvalue weighted by molar-refractivity contribution is 5.95. The number of carbonyl (C=O) groups excluding carboxylic acids is 2. The van der Waals surface area contributed by atoms with Gasteiger partial charge in [0, 0.05) is 30.8 Å². The highest BCUT2D eigenvalue weighted by atomic mass is 19.1. The molecular weight excluding hydrogens is 295 g/mol. The molecule has 118 valence electrons. The van der Waals surface area contributed by atoms with Gasteiger partial charge >= 0.3 is 0 Å². The van der Waals surface area contributed by atoms with Gasteiger partial charge in [0.1, 0.15) is 5.82 Å². The Labute approximate surface area is 133 Å². The topological polar surface area (TPSA) is 49.4 Å². The maximum Gasteiger partial charge on any atom is 0.251 e. The molecule has 0 radical (unpaired) electrons. The smallest absolute Gasteiger partial charge is 0.251 e. The first kappa shape index (κ1) is 15.2. The van der Waals surface area contributed by atoms with Gasteiger partial charge in [0.2, 0.25) is 5.91 Å². The Morgan fingerprint density at radius 1 is 1.17 bits per heavy atom. The third kappa shape index (κ3) is 3.56. The van der Waals surface area contributed by atoms with Gasteiger partial charge in [0.15, 0.2) is 0 Å². The van der Waals surface area contributed by atoms with Gasteiger partial charge in [-0.25, -0.2) is 4.39 Å². The summed E-state index contributed by atoms with van der Waals surface area (Å²) in [6.07, 6.45) is 1.50. The van der Waals surface area contributed by atoms with Crippen molar-refractivity contribution >= 4 is 17.5 Å². The zero-order chi connectivity index (χ0) is 16.2. The van der Waals surface area contributed by atoms with Crippen LogP contribution in [0.5, 0.6) is 0 Å². The summed E-state index contributed by atoms with van der Waals surface area (Å²) in [4.78, 5) is 25.4. The number of anilines is 1. The van der Waals surface area contributed by atoms with Crippen LogP contribution in [-0.4, -0.2) is 18.4 Å². The zero-order valence-electron chi connectivity index (χ0n) is 12.6. The highest BCUT2D eigenvalue weighted by Gasteiger charge is 2.21. The van der Waals surface area contributed by atoms with Crippen molar-refractivity contribution in [2.24, 2.45) is 0 Å². The molecule has 0 atom stereocenters. The largest absolute Gasteiger partial charge is 0.348 e. The van der Waals surface area contributed by atoms with E-state index in [1.165, 1.54) is 18.2 Å². The lowest BCUT2D eigenvalue weighted by atomic mass is 10.1. The van der Waals surface area contributed by atoms with Crippen LogP contribution in [0.2, 0.25) is 0 Å². The SMILES string of the molecule is O=C(NCc1ccc(N2CCCC2=O)cc1)c1cccc(F)c1. The first-order valence-electron chi connectivity index (χ1n) is 7.56. The summed E-state index contributed by atoms with van der Waals surface area (Å²) in [6.45, 7) is 1.11. The first-order chi connectivity index (χ1) is 11.1. The minimum atomic E-state index is -0.433. The molecule has 2 aromatic rings. The van der Waals surface area contributed by atoms with E-state index in [1.54, 1.807) is 11.0 Å². The number of benzene rings is 2. The molecule has 1 fully saturated rings. The molecule has 1 heterocycles. The minimum absolute atomic E-state index is 0.150. The molecule has 1 saturated heterocycles. The molecule has 2 aromatic carbocycles. The second-order valence-electron chi connectivity index (χ2n) is 5.51. The lowest BCUT2D eigenvalue weighted by Gasteiger charge is -2.16. The first-order valence-corrected chi connectivity index (χ1v) is 7.56. The molecule has 5 heteroatoms. The molecular formula is C18H17FN2O2. The van der Waals surface area contributed by atoms with Gasteiger partial charge in [-0.15, -0.1) is 0 Å².